The van der Waals surface area contributed by atoms with Crippen molar-refractivity contribution in [3.05, 3.63) is 89.2 Å². The summed E-state index contributed by atoms with van der Waals surface area (Å²) in [7, 11) is 0. The van der Waals surface area contributed by atoms with E-state index in [1.165, 1.54) is 27.1 Å². The molecule has 0 atom stereocenters. The monoisotopic (exact) mass is 467 g/mol. The molecule has 0 amide bonds. The van der Waals surface area contributed by atoms with Crippen molar-refractivity contribution in [2.45, 2.75) is 39.5 Å². The third-order valence-electron chi connectivity index (χ3n) is 6.09. The Kier molecular flexibility index (Phi) is 6.45. The van der Waals surface area contributed by atoms with E-state index in [0.29, 0.717) is 11.7 Å². The molecule has 0 radical (unpaired) electrons. The van der Waals surface area contributed by atoms with Gasteiger partial charge in [-0.2, -0.15) is 0 Å². The molecule has 172 valence electrons. The van der Waals surface area contributed by atoms with Gasteiger partial charge in [0.15, 0.2) is 5.82 Å². The Balaban J connectivity index is 1.22. The number of aromatic nitrogens is 2. The van der Waals surface area contributed by atoms with Crippen LogP contribution in [0.15, 0.2) is 77.6 Å². The van der Waals surface area contributed by atoms with Crippen LogP contribution < -0.4 is 5.32 Å². The number of nitrogens with zero attached hydrogens (tertiary/aromatic N) is 2. The Morgan fingerprint density at radius 1 is 0.912 bits per heavy atom. The van der Waals surface area contributed by atoms with E-state index in [4.69, 9.17) is 14.4 Å². The van der Waals surface area contributed by atoms with Crippen LogP contribution in [-0.2, 0) is 6.42 Å². The molecule has 0 aliphatic carbocycles. The lowest BCUT2D eigenvalue weighted by Gasteiger charge is -2.09. The van der Waals surface area contributed by atoms with Crippen LogP contribution >= 0.6 is 11.3 Å². The first kappa shape index (κ1) is 22.4. The lowest BCUT2D eigenvalue weighted by molar-refractivity contribution is 0.568. The molecule has 34 heavy (non-hydrogen) atoms. The van der Waals surface area contributed by atoms with Crippen LogP contribution in [0.25, 0.3) is 32.7 Å². The smallest absolute Gasteiger partial charge is 0.166 e. The fraction of sp³-hybridized carbons (Fsp3) is 0.241. The summed E-state index contributed by atoms with van der Waals surface area (Å²) >= 11 is 1.69. The first-order valence-electron chi connectivity index (χ1n) is 11.8. The van der Waals surface area contributed by atoms with Gasteiger partial charge in [-0.05, 0) is 60.1 Å². The summed E-state index contributed by atoms with van der Waals surface area (Å²) in [5.74, 6) is 2.15. The van der Waals surface area contributed by atoms with Gasteiger partial charge < -0.3 is 9.73 Å². The SMILES string of the molecule is Cc1cc2c(NCCCc3ccc(-c4ccc(C(C)C)cc4)cc3)nc(-c3ccoc3)nc2s1. The van der Waals surface area contributed by atoms with Crippen LogP contribution in [-0.4, -0.2) is 16.5 Å². The summed E-state index contributed by atoms with van der Waals surface area (Å²) in [5, 5.41) is 4.64. The summed E-state index contributed by atoms with van der Waals surface area (Å²) in [4.78, 5) is 11.8. The van der Waals surface area contributed by atoms with Gasteiger partial charge in [0.1, 0.15) is 16.9 Å². The molecule has 0 fully saturated rings. The Bertz CT molecular complexity index is 1370. The number of thiophene rings is 1. The highest BCUT2D eigenvalue weighted by Gasteiger charge is 2.12. The molecule has 0 aliphatic heterocycles. The van der Waals surface area contributed by atoms with E-state index >= 15 is 0 Å². The van der Waals surface area contributed by atoms with Crippen LogP contribution in [0.4, 0.5) is 5.82 Å². The Hall–Kier alpha value is -3.44. The average molecular weight is 468 g/mol. The predicted molar refractivity (Wildman–Crippen MR) is 143 cm³/mol. The van der Waals surface area contributed by atoms with Gasteiger partial charge in [0, 0.05) is 11.4 Å². The van der Waals surface area contributed by atoms with Gasteiger partial charge in [-0.1, -0.05) is 62.4 Å². The third kappa shape index (κ3) is 4.90. The molecule has 5 heteroatoms. The zero-order chi connectivity index (χ0) is 23.5. The van der Waals surface area contributed by atoms with Crippen LogP contribution in [0.5, 0.6) is 0 Å². The topological polar surface area (TPSA) is 51.0 Å². The minimum atomic E-state index is 0.560. The van der Waals surface area contributed by atoms with Gasteiger partial charge in [-0.15, -0.1) is 11.3 Å². The average Bonchev–Trinajstić information content (AvgIpc) is 3.51. The number of hydrogen-bond donors (Lipinski definition) is 1. The highest BCUT2D eigenvalue weighted by Crippen LogP contribution is 2.31. The zero-order valence-electron chi connectivity index (χ0n) is 19.8. The second-order valence-electron chi connectivity index (χ2n) is 8.99. The predicted octanol–water partition coefficient (Wildman–Crippen LogP) is 8.09. The van der Waals surface area contributed by atoms with E-state index in [1.807, 2.05) is 6.07 Å². The van der Waals surface area contributed by atoms with Crippen LogP contribution in [0.1, 0.15) is 42.2 Å². The Morgan fingerprint density at radius 3 is 2.32 bits per heavy atom. The zero-order valence-corrected chi connectivity index (χ0v) is 20.7. The summed E-state index contributed by atoms with van der Waals surface area (Å²) in [6, 6.07) is 21.9. The molecule has 2 aromatic carbocycles. The van der Waals surface area contributed by atoms with E-state index < -0.39 is 0 Å². The second kappa shape index (κ2) is 9.82. The van der Waals surface area contributed by atoms with Gasteiger partial charge in [0.05, 0.1) is 17.2 Å². The van der Waals surface area contributed by atoms with Crippen molar-refractivity contribution in [3.8, 4) is 22.5 Å². The number of hydrogen-bond acceptors (Lipinski definition) is 5. The lowest BCUT2D eigenvalue weighted by Crippen LogP contribution is -2.06. The number of aryl methyl sites for hydroxylation is 2. The summed E-state index contributed by atoms with van der Waals surface area (Å²) in [5.41, 5.74) is 6.16. The van der Waals surface area contributed by atoms with Crippen molar-refractivity contribution in [2.75, 3.05) is 11.9 Å². The van der Waals surface area contributed by atoms with E-state index in [1.54, 1.807) is 23.9 Å². The molecule has 0 saturated carbocycles. The number of anilines is 1. The molecule has 1 N–H and O–H groups in total. The molecule has 4 nitrogen and oxygen atoms in total. The van der Waals surface area contributed by atoms with E-state index in [2.05, 4.69) is 80.7 Å². The maximum atomic E-state index is 5.23. The maximum absolute atomic E-state index is 5.23. The molecule has 0 bridgehead atoms. The van der Waals surface area contributed by atoms with Gasteiger partial charge in [-0.3, -0.25) is 0 Å². The van der Waals surface area contributed by atoms with Crippen molar-refractivity contribution in [3.63, 3.8) is 0 Å². The molecule has 3 aromatic heterocycles. The minimum absolute atomic E-state index is 0.560. The number of rotatable bonds is 8. The molecule has 0 unspecified atom stereocenters. The van der Waals surface area contributed by atoms with E-state index in [0.717, 1.165) is 41.0 Å². The lowest BCUT2D eigenvalue weighted by atomic mass is 9.98. The standard InChI is InChI=1S/C29H29N3OS/c1-19(2)22-10-12-24(13-11-22)23-8-6-21(7-9-23)5-4-15-30-28-26-17-20(3)34-29(26)32-27(31-28)25-14-16-33-18-25/h6-14,16-19H,4-5,15H2,1-3H3,(H,30,31,32). The molecule has 0 spiro atoms. The summed E-state index contributed by atoms with van der Waals surface area (Å²) in [6.07, 6.45) is 5.39. The van der Waals surface area contributed by atoms with Gasteiger partial charge in [-0.25, -0.2) is 9.97 Å². The highest BCUT2D eigenvalue weighted by atomic mass is 32.1. The molecule has 0 saturated heterocycles. The summed E-state index contributed by atoms with van der Waals surface area (Å²) in [6.45, 7) is 7.41. The summed E-state index contributed by atoms with van der Waals surface area (Å²) < 4.78 is 5.23. The van der Waals surface area contributed by atoms with Crippen molar-refractivity contribution in [1.82, 2.24) is 9.97 Å². The van der Waals surface area contributed by atoms with Crippen LogP contribution in [0, 0.1) is 6.92 Å². The van der Waals surface area contributed by atoms with Gasteiger partial charge >= 0.3 is 0 Å². The van der Waals surface area contributed by atoms with Crippen molar-refractivity contribution >= 4 is 27.4 Å². The van der Waals surface area contributed by atoms with Crippen molar-refractivity contribution in [2.24, 2.45) is 0 Å². The van der Waals surface area contributed by atoms with Gasteiger partial charge in [0.25, 0.3) is 0 Å². The van der Waals surface area contributed by atoms with Crippen LogP contribution in [0.3, 0.4) is 0 Å². The molecule has 3 heterocycles. The fourth-order valence-electron chi connectivity index (χ4n) is 4.12. The molecule has 0 aliphatic rings. The maximum Gasteiger partial charge on any atom is 0.166 e. The van der Waals surface area contributed by atoms with Crippen molar-refractivity contribution < 1.29 is 4.42 Å². The van der Waals surface area contributed by atoms with Crippen molar-refractivity contribution in [1.29, 1.82) is 0 Å². The Labute approximate surface area is 204 Å². The Morgan fingerprint density at radius 2 is 1.65 bits per heavy atom. The normalized spacial score (nSPS) is 11.4. The molecular weight excluding hydrogens is 438 g/mol. The first-order valence-corrected chi connectivity index (χ1v) is 12.6. The highest BCUT2D eigenvalue weighted by molar-refractivity contribution is 7.18. The number of benzene rings is 2. The quantitative estimate of drug-likeness (QED) is 0.234. The third-order valence-corrected chi connectivity index (χ3v) is 7.04. The van der Waals surface area contributed by atoms with E-state index in [-0.39, 0.29) is 0 Å². The fourth-order valence-corrected chi connectivity index (χ4v) is 5.00. The molecule has 5 rings (SSSR count). The number of furan rings is 1. The number of fused-ring (bicyclic) bond motifs is 1. The molecule has 5 aromatic rings. The minimum Gasteiger partial charge on any atom is -0.472 e. The largest absolute Gasteiger partial charge is 0.472 e. The first-order chi connectivity index (χ1) is 16.6. The second-order valence-corrected chi connectivity index (χ2v) is 10.2. The van der Waals surface area contributed by atoms with Crippen LogP contribution in [0.2, 0.25) is 0 Å². The molecular formula is C29H29N3OS. The van der Waals surface area contributed by atoms with Gasteiger partial charge in [0.2, 0.25) is 0 Å². The number of nitrogens with one attached hydrogen (secondary N) is 1. The van der Waals surface area contributed by atoms with E-state index in [9.17, 15) is 0 Å².